The molecule has 0 spiro atoms. The number of fused-ring (bicyclic) bond motifs is 1. The summed E-state index contributed by atoms with van der Waals surface area (Å²) in [5.74, 6) is -3.47. The second kappa shape index (κ2) is 13.9. The quantitative estimate of drug-likeness (QED) is 0.163. The number of aromatic nitrogens is 2. The predicted molar refractivity (Wildman–Crippen MR) is 126 cm³/mol. The van der Waals surface area contributed by atoms with Crippen LogP contribution in [0.25, 0.3) is 11.0 Å². The van der Waals surface area contributed by atoms with Crippen LogP contribution in [0, 0.1) is 5.82 Å². The van der Waals surface area contributed by atoms with Crippen molar-refractivity contribution in [3.8, 4) is 0 Å². The van der Waals surface area contributed by atoms with E-state index in [4.69, 9.17) is 35.7 Å². The molecule has 0 saturated carbocycles. The Morgan fingerprint density at radius 1 is 1.14 bits per heavy atom. The first kappa shape index (κ1) is 31.8. The largest absolute Gasteiger partial charge is 0.479 e. The Morgan fingerprint density at radius 3 is 2.22 bits per heavy atom. The summed E-state index contributed by atoms with van der Waals surface area (Å²) in [6.07, 6.45) is -6.57. The number of piperazine rings is 1. The number of aromatic carboxylic acids is 1. The third-order valence-electron chi connectivity index (χ3n) is 5.48. The van der Waals surface area contributed by atoms with Crippen LogP contribution in [0.4, 0.5) is 10.2 Å². The molecule has 0 bridgehead atoms. The summed E-state index contributed by atoms with van der Waals surface area (Å²) in [4.78, 5) is 39.7. The minimum Gasteiger partial charge on any atom is -0.479 e. The first-order chi connectivity index (χ1) is 16.9. The van der Waals surface area contributed by atoms with Crippen LogP contribution in [0.1, 0.15) is 17.3 Å². The van der Waals surface area contributed by atoms with Gasteiger partial charge in [0.15, 0.2) is 17.7 Å². The van der Waals surface area contributed by atoms with Gasteiger partial charge < -0.3 is 56.0 Å². The molecule has 1 aliphatic heterocycles. The molecule has 208 valence electrons. The smallest absolute Gasteiger partial charge is 0.341 e. The van der Waals surface area contributed by atoms with Crippen molar-refractivity contribution in [2.75, 3.05) is 37.7 Å². The number of anilines is 1. The topological polar surface area (TPSA) is 257 Å². The van der Waals surface area contributed by atoms with Gasteiger partial charge in [-0.25, -0.2) is 19.0 Å². The Bertz CT molecular complexity index is 1140. The van der Waals surface area contributed by atoms with Crippen LogP contribution in [0.5, 0.6) is 0 Å². The van der Waals surface area contributed by atoms with Crippen LogP contribution in [-0.4, -0.2) is 120 Å². The molecule has 1 saturated heterocycles. The molecular weight excluding hydrogens is 503 g/mol. The van der Waals surface area contributed by atoms with E-state index in [1.54, 1.807) is 4.57 Å². The van der Waals surface area contributed by atoms with Crippen molar-refractivity contribution in [3.05, 3.63) is 33.9 Å². The van der Waals surface area contributed by atoms with E-state index in [1.807, 2.05) is 11.8 Å². The van der Waals surface area contributed by atoms with Gasteiger partial charge in [-0.05, 0) is 13.0 Å². The molecule has 0 radical (unpaired) electrons. The van der Waals surface area contributed by atoms with Crippen LogP contribution in [0.3, 0.4) is 0 Å². The number of halogens is 1. The number of carbonyl (C=O) groups is 2. The molecule has 0 aromatic carbocycles. The van der Waals surface area contributed by atoms with E-state index in [2.05, 4.69) is 10.3 Å². The zero-order valence-electron chi connectivity index (χ0n) is 19.8. The molecule has 0 amide bonds. The van der Waals surface area contributed by atoms with E-state index in [-0.39, 0.29) is 22.2 Å². The van der Waals surface area contributed by atoms with E-state index >= 15 is 0 Å². The Morgan fingerprint density at radius 2 is 1.73 bits per heavy atom. The number of carboxylic acid groups (broad SMARTS) is 2. The number of aryl methyl sites for hydroxylation is 1. The van der Waals surface area contributed by atoms with Gasteiger partial charge in [0.25, 0.3) is 0 Å². The van der Waals surface area contributed by atoms with E-state index in [0.29, 0.717) is 25.3 Å². The SMILES string of the molecule is CCn1cc(C(=O)O)c(=O)c2cc(F)c(N3CCNCC3)nc21.O.O=C(O)C(O)C(O)C(O)C(O)CO. The lowest BCUT2D eigenvalue weighted by Gasteiger charge is -2.29. The summed E-state index contributed by atoms with van der Waals surface area (Å²) in [7, 11) is 0. The van der Waals surface area contributed by atoms with Gasteiger partial charge in [0.2, 0.25) is 5.43 Å². The molecule has 3 rings (SSSR count). The zero-order chi connectivity index (χ0) is 27.2. The molecule has 1 fully saturated rings. The maximum atomic E-state index is 14.4. The second-order valence-corrected chi connectivity index (χ2v) is 7.88. The van der Waals surface area contributed by atoms with Gasteiger partial charge in [0.1, 0.15) is 29.5 Å². The summed E-state index contributed by atoms with van der Waals surface area (Å²) in [5.41, 5.74) is -0.789. The van der Waals surface area contributed by atoms with Crippen molar-refractivity contribution in [3.63, 3.8) is 0 Å². The Labute approximate surface area is 209 Å². The van der Waals surface area contributed by atoms with Gasteiger partial charge in [-0.3, -0.25) is 4.79 Å². The Hall–Kier alpha value is -3.25. The average molecular weight is 534 g/mol. The van der Waals surface area contributed by atoms with Crippen molar-refractivity contribution in [1.82, 2.24) is 14.9 Å². The first-order valence-corrected chi connectivity index (χ1v) is 10.9. The highest BCUT2D eigenvalue weighted by Gasteiger charge is 2.33. The summed E-state index contributed by atoms with van der Waals surface area (Å²) in [6.45, 7) is 4.11. The molecule has 0 aliphatic carbocycles. The number of aliphatic hydroxyl groups is 5. The number of nitrogens with one attached hydrogen (secondary N) is 1. The molecule has 3 heterocycles. The monoisotopic (exact) mass is 534 g/mol. The van der Waals surface area contributed by atoms with Gasteiger partial charge in [-0.1, -0.05) is 0 Å². The Kier molecular flexibility index (Phi) is 11.9. The highest BCUT2D eigenvalue weighted by Crippen LogP contribution is 2.22. The minimum absolute atomic E-state index is 0. The molecule has 1 aliphatic rings. The van der Waals surface area contributed by atoms with Gasteiger partial charge in [-0.2, -0.15) is 0 Å². The van der Waals surface area contributed by atoms with E-state index in [1.165, 1.54) is 6.20 Å². The predicted octanol–water partition coefficient (Wildman–Crippen LogP) is -3.65. The fraction of sp³-hybridized carbons (Fsp3) is 0.524. The number of pyridine rings is 2. The van der Waals surface area contributed by atoms with Crippen molar-refractivity contribution in [1.29, 1.82) is 0 Å². The number of aliphatic hydroxyl groups excluding tert-OH is 5. The highest BCUT2D eigenvalue weighted by molar-refractivity contribution is 5.92. The van der Waals surface area contributed by atoms with E-state index < -0.39 is 54.2 Å². The van der Waals surface area contributed by atoms with Crippen molar-refractivity contribution in [2.45, 2.75) is 37.9 Å². The molecule has 2 aromatic heterocycles. The van der Waals surface area contributed by atoms with Gasteiger partial charge in [0.05, 0.1) is 12.0 Å². The van der Waals surface area contributed by atoms with Crippen molar-refractivity contribution < 1.29 is 55.2 Å². The van der Waals surface area contributed by atoms with Crippen LogP contribution < -0.4 is 15.6 Å². The van der Waals surface area contributed by atoms with Gasteiger partial charge >= 0.3 is 11.9 Å². The molecule has 2 aromatic rings. The molecule has 37 heavy (non-hydrogen) atoms. The summed E-state index contributed by atoms with van der Waals surface area (Å²) >= 11 is 0. The van der Waals surface area contributed by atoms with E-state index in [9.17, 15) is 18.8 Å². The zero-order valence-corrected chi connectivity index (χ0v) is 19.8. The minimum atomic E-state index is -2.20. The second-order valence-electron chi connectivity index (χ2n) is 7.88. The summed E-state index contributed by atoms with van der Waals surface area (Å²) in [6, 6.07) is 1.10. The molecule has 15 nitrogen and oxygen atoms in total. The van der Waals surface area contributed by atoms with E-state index in [0.717, 1.165) is 19.2 Å². The van der Waals surface area contributed by atoms with Crippen LogP contribution in [0.15, 0.2) is 17.1 Å². The Balaban J connectivity index is 0.000000423. The normalized spacial score (nSPS) is 16.6. The van der Waals surface area contributed by atoms with Gasteiger partial charge in [0, 0.05) is 38.9 Å². The third-order valence-corrected chi connectivity index (χ3v) is 5.48. The number of nitrogens with zero attached hydrogens (tertiary/aromatic N) is 3. The average Bonchev–Trinajstić information content (AvgIpc) is 2.87. The van der Waals surface area contributed by atoms with Crippen molar-refractivity contribution in [2.24, 2.45) is 0 Å². The fourth-order valence-electron chi connectivity index (χ4n) is 3.44. The molecule has 4 atom stereocenters. The molecule has 4 unspecified atom stereocenters. The molecule has 10 N–H and O–H groups in total. The number of hydrogen-bond donors (Lipinski definition) is 8. The fourth-order valence-corrected chi connectivity index (χ4v) is 3.44. The summed E-state index contributed by atoms with van der Waals surface area (Å²) < 4.78 is 16.0. The number of hydrogen-bond acceptors (Lipinski definition) is 11. The molecule has 16 heteroatoms. The van der Waals surface area contributed by atoms with Crippen LogP contribution in [-0.2, 0) is 11.3 Å². The lowest BCUT2D eigenvalue weighted by molar-refractivity contribution is -0.164. The number of rotatable bonds is 8. The first-order valence-electron chi connectivity index (χ1n) is 10.9. The number of aliphatic carboxylic acids is 1. The standard InChI is InChI=1S/C15H17FN4O3.C6H12O7.H2O/c1-2-19-8-10(15(22)23)12(21)9-7-11(16)14(18-13(9)19)20-5-3-17-4-6-20;7-1-2(8)3(9)4(10)5(11)6(12)13;/h7-8,17H,2-6H2,1H3,(H,22,23);2-5,7-11H,1H2,(H,12,13);1H2. The lowest BCUT2D eigenvalue weighted by Crippen LogP contribution is -2.48. The summed E-state index contributed by atoms with van der Waals surface area (Å²) in [5, 5.41) is 64.1. The third kappa shape index (κ3) is 7.39. The maximum Gasteiger partial charge on any atom is 0.341 e. The van der Waals surface area contributed by atoms with Crippen LogP contribution in [0.2, 0.25) is 0 Å². The molecular formula is C21H31FN4O11. The van der Waals surface area contributed by atoms with Crippen LogP contribution >= 0.6 is 0 Å². The highest BCUT2D eigenvalue weighted by atomic mass is 19.1. The van der Waals surface area contributed by atoms with Crippen molar-refractivity contribution >= 4 is 28.8 Å². The lowest BCUT2D eigenvalue weighted by atomic mass is 10.0. The number of carboxylic acids is 2. The van der Waals surface area contributed by atoms with Gasteiger partial charge in [-0.15, -0.1) is 0 Å². The maximum absolute atomic E-state index is 14.4.